The van der Waals surface area contributed by atoms with Gasteiger partial charge in [0.25, 0.3) is 0 Å². The fourth-order valence-corrected chi connectivity index (χ4v) is 8.22. The van der Waals surface area contributed by atoms with Crippen LogP contribution < -0.4 is 0 Å². The molecule has 0 saturated heterocycles. The molecule has 0 amide bonds. The van der Waals surface area contributed by atoms with Crippen LogP contribution in [0.15, 0.2) is 58.7 Å². The lowest BCUT2D eigenvalue weighted by molar-refractivity contribution is -0.205. The standard InChI is InChI=1S/C32H40O8/c1-17-8-12-24(39-28(17)36)32(7,37)27-23(34)16-30(5)22-11-10-21-19(9-13-26(35)40-29(21,3)4)14-20(22)15-25(31(27,30)6)38-18(2)33/h8-11,13-14,21,23-25,27,34,37H,12,15-16H2,1-7H3/t21-,23+,24+,25+,27+,30+,31-,32+/m1/s1. The fourth-order valence-electron chi connectivity index (χ4n) is 8.22. The van der Waals surface area contributed by atoms with Crippen molar-refractivity contribution < 1.29 is 38.8 Å². The van der Waals surface area contributed by atoms with E-state index in [1.807, 2.05) is 26.8 Å². The highest BCUT2D eigenvalue weighted by Gasteiger charge is 2.71. The number of cyclic esters (lactones) is 2. The third-order valence-corrected chi connectivity index (χ3v) is 10.3. The second-order valence-electron chi connectivity index (χ2n) is 13.2. The molecule has 5 aliphatic rings. The highest BCUT2D eigenvalue weighted by Crippen LogP contribution is 2.69. The number of hydrogen-bond acceptors (Lipinski definition) is 8. The third kappa shape index (κ3) is 4.14. The van der Waals surface area contributed by atoms with Gasteiger partial charge in [0.1, 0.15) is 23.4 Å². The summed E-state index contributed by atoms with van der Waals surface area (Å²) in [5.41, 5.74) is -0.729. The molecule has 0 aromatic carbocycles. The number of carbonyl (C=O) groups is 3. The number of ether oxygens (including phenoxy) is 3. The zero-order valence-electron chi connectivity index (χ0n) is 24.3. The van der Waals surface area contributed by atoms with Crippen LogP contribution >= 0.6 is 0 Å². The predicted octanol–water partition coefficient (Wildman–Crippen LogP) is 4.03. The van der Waals surface area contributed by atoms with E-state index in [9.17, 15) is 24.6 Å². The summed E-state index contributed by atoms with van der Waals surface area (Å²) in [4.78, 5) is 37.1. The summed E-state index contributed by atoms with van der Waals surface area (Å²) in [5.74, 6) is -2.34. The lowest BCUT2D eigenvalue weighted by Crippen LogP contribution is -2.62. The Morgan fingerprint density at radius 1 is 1.15 bits per heavy atom. The monoisotopic (exact) mass is 552 g/mol. The normalized spacial score (nSPS) is 39.8. The number of esters is 3. The van der Waals surface area contributed by atoms with Gasteiger partial charge in [0, 0.05) is 54.1 Å². The molecule has 1 fully saturated rings. The minimum atomic E-state index is -1.62. The average Bonchev–Trinajstić information content (AvgIpc) is 2.93. The van der Waals surface area contributed by atoms with Crippen LogP contribution in [0.5, 0.6) is 0 Å². The van der Waals surface area contributed by atoms with Gasteiger partial charge in [-0.3, -0.25) is 4.79 Å². The number of hydrogen-bond donors (Lipinski definition) is 2. The van der Waals surface area contributed by atoms with Crippen molar-refractivity contribution in [1.82, 2.24) is 0 Å². The van der Waals surface area contributed by atoms with Crippen LogP contribution in [-0.2, 0) is 28.6 Å². The Hall–Kier alpha value is -2.97. The van der Waals surface area contributed by atoms with E-state index in [1.54, 1.807) is 26.0 Å². The van der Waals surface area contributed by atoms with E-state index in [0.717, 1.165) is 16.7 Å². The quantitative estimate of drug-likeness (QED) is 0.398. The SMILES string of the molecule is CC(=O)O[C@H]1CC2=C(C=C[C@@H]3C(=C2)C=CC(=O)OC3(C)C)[C@]2(C)C[C@H](O)[C@H]([C@@](C)(O)[C@@H]3CC=C(C)C(=O)O3)[C@@]12C. The molecule has 8 atom stereocenters. The Morgan fingerprint density at radius 3 is 2.50 bits per heavy atom. The van der Waals surface area contributed by atoms with E-state index in [0.29, 0.717) is 24.8 Å². The van der Waals surface area contributed by atoms with Gasteiger partial charge in [-0.2, -0.15) is 0 Å². The van der Waals surface area contributed by atoms with Crippen LogP contribution in [0.1, 0.15) is 67.7 Å². The highest BCUT2D eigenvalue weighted by molar-refractivity contribution is 5.88. The molecule has 0 spiro atoms. The molecular weight excluding hydrogens is 512 g/mol. The summed E-state index contributed by atoms with van der Waals surface area (Å²) < 4.78 is 17.4. The lowest BCUT2D eigenvalue weighted by Gasteiger charge is -2.56. The first kappa shape index (κ1) is 28.6. The number of aliphatic hydroxyl groups is 2. The summed E-state index contributed by atoms with van der Waals surface area (Å²) in [6.45, 7) is 12.4. The molecule has 40 heavy (non-hydrogen) atoms. The average molecular weight is 553 g/mol. The molecule has 0 aromatic rings. The Balaban J connectivity index is 1.66. The number of fused-ring (bicyclic) bond motifs is 3. The molecule has 2 N–H and O–H groups in total. The molecule has 1 saturated carbocycles. The molecule has 5 rings (SSSR count). The van der Waals surface area contributed by atoms with Crippen LogP contribution in [0.4, 0.5) is 0 Å². The maximum absolute atomic E-state index is 12.5. The first-order valence-corrected chi connectivity index (χ1v) is 14.0. The smallest absolute Gasteiger partial charge is 0.333 e. The molecule has 0 unspecified atom stereocenters. The minimum absolute atomic E-state index is 0.218. The summed E-state index contributed by atoms with van der Waals surface area (Å²) in [6.07, 6.45) is 9.59. The van der Waals surface area contributed by atoms with Crippen molar-refractivity contribution in [3.05, 3.63) is 58.7 Å². The topological polar surface area (TPSA) is 119 Å². The van der Waals surface area contributed by atoms with Gasteiger partial charge in [0.15, 0.2) is 0 Å². The van der Waals surface area contributed by atoms with Crippen molar-refractivity contribution in [2.75, 3.05) is 0 Å². The summed E-state index contributed by atoms with van der Waals surface area (Å²) in [7, 11) is 0. The molecular formula is C32H40O8. The van der Waals surface area contributed by atoms with Crippen LogP contribution in [0.2, 0.25) is 0 Å². The molecule has 216 valence electrons. The van der Waals surface area contributed by atoms with E-state index < -0.39 is 64.2 Å². The summed E-state index contributed by atoms with van der Waals surface area (Å²) in [6, 6.07) is 0. The molecule has 2 aliphatic heterocycles. The van der Waals surface area contributed by atoms with E-state index in [-0.39, 0.29) is 5.92 Å². The lowest BCUT2D eigenvalue weighted by atomic mass is 9.51. The van der Waals surface area contributed by atoms with Gasteiger partial charge >= 0.3 is 17.9 Å². The molecule has 3 aliphatic carbocycles. The molecule has 8 heteroatoms. The number of allylic oxidation sites excluding steroid dienone is 4. The van der Waals surface area contributed by atoms with Gasteiger partial charge in [-0.25, -0.2) is 9.59 Å². The van der Waals surface area contributed by atoms with E-state index >= 15 is 0 Å². The second kappa shape index (κ2) is 9.28. The maximum Gasteiger partial charge on any atom is 0.333 e. The Kier molecular flexibility index (Phi) is 6.62. The summed E-state index contributed by atoms with van der Waals surface area (Å²) in [5, 5.41) is 23.8. The van der Waals surface area contributed by atoms with Crippen molar-refractivity contribution in [2.24, 2.45) is 22.7 Å². The van der Waals surface area contributed by atoms with Crippen molar-refractivity contribution in [1.29, 1.82) is 0 Å². The maximum atomic E-state index is 12.5. The number of carbonyl (C=O) groups excluding carboxylic acids is 3. The Bertz CT molecular complexity index is 1310. The van der Waals surface area contributed by atoms with Gasteiger partial charge in [0.2, 0.25) is 0 Å². The molecule has 8 nitrogen and oxygen atoms in total. The first-order chi connectivity index (χ1) is 18.5. The van der Waals surface area contributed by atoms with Gasteiger partial charge in [0.05, 0.1) is 6.10 Å². The van der Waals surface area contributed by atoms with Crippen LogP contribution in [-0.4, -0.2) is 57.6 Å². The molecule has 0 aromatic heterocycles. The number of aliphatic hydroxyl groups excluding tert-OH is 1. The van der Waals surface area contributed by atoms with Crippen molar-refractivity contribution in [3.8, 4) is 0 Å². The van der Waals surface area contributed by atoms with Crippen LogP contribution in [0, 0.1) is 22.7 Å². The zero-order valence-corrected chi connectivity index (χ0v) is 24.3. The third-order valence-electron chi connectivity index (χ3n) is 10.3. The van der Waals surface area contributed by atoms with Crippen molar-refractivity contribution in [3.63, 3.8) is 0 Å². The van der Waals surface area contributed by atoms with Gasteiger partial charge in [-0.1, -0.05) is 44.2 Å². The largest absolute Gasteiger partial charge is 0.462 e. The van der Waals surface area contributed by atoms with Crippen molar-refractivity contribution in [2.45, 2.75) is 97.2 Å². The van der Waals surface area contributed by atoms with Crippen molar-refractivity contribution >= 4 is 17.9 Å². The summed E-state index contributed by atoms with van der Waals surface area (Å²) >= 11 is 0. The van der Waals surface area contributed by atoms with Crippen LogP contribution in [0.3, 0.4) is 0 Å². The van der Waals surface area contributed by atoms with E-state index in [1.165, 1.54) is 13.0 Å². The first-order valence-electron chi connectivity index (χ1n) is 14.0. The van der Waals surface area contributed by atoms with E-state index in [2.05, 4.69) is 19.1 Å². The number of rotatable bonds is 3. The minimum Gasteiger partial charge on any atom is -0.462 e. The Labute approximate surface area is 235 Å². The highest BCUT2D eigenvalue weighted by atomic mass is 16.6. The Morgan fingerprint density at radius 2 is 1.85 bits per heavy atom. The van der Waals surface area contributed by atoms with Gasteiger partial charge < -0.3 is 24.4 Å². The zero-order chi connectivity index (χ0) is 29.4. The second-order valence-corrected chi connectivity index (χ2v) is 13.2. The van der Waals surface area contributed by atoms with Crippen LogP contribution in [0.25, 0.3) is 0 Å². The van der Waals surface area contributed by atoms with Gasteiger partial charge in [-0.05, 0) is 50.8 Å². The van der Waals surface area contributed by atoms with Gasteiger partial charge in [-0.15, -0.1) is 0 Å². The molecule has 0 bridgehead atoms. The molecule has 0 radical (unpaired) electrons. The predicted molar refractivity (Wildman–Crippen MR) is 146 cm³/mol. The van der Waals surface area contributed by atoms with E-state index in [4.69, 9.17) is 14.2 Å². The fraction of sp³-hybridized carbons (Fsp3) is 0.594. The molecule has 2 heterocycles.